The number of carbonyl (C=O) groups excluding carboxylic acids is 1. The Morgan fingerprint density at radius 2 is 2.25 bits per heavy atom. The highest BCUT2D eigenvalue weighted by Crippen LogP contribution is 2.06. The molecule has 1 aromatic rings. The summed E-state index contributed by atoms with van der Waals surface area (Å²) >= 11 is 0. The topological polar surface area (TPSA) is 59.0 Å². The molecule has 0 unspecified atom stereocenters. The molecule has 0 atom stereocenters. The minimum Gasteiger partial charge on any atom is -0.355 e. The van der Waals surface area contributed by atoms with Crippen molar-refractivity contribution in [2.24, 2.45) is 7.05 Å². The number of carbonyl (C=O) groups is 1. The molecule has 1 rings (SSSR count). The Balaban J connectivity index is 2.39. The second-order valence-electron chi connectivity index (χ2n) is 3.69. The molecule has 0 aliphatic rings. The monoisotopic (exact) mass is 224 g/mol. The molecule has 2 N–H and O–H groups in total. The predicted octanol–water partition coefficient (Wildman–Crippen LogP) is 0.208. The van der Waals surface area contributed by atoms with Crippen LogP contribution in [0.1, 0.15) is 25.1 Å². The molecule has 0 aliphatic heterocycles. The maximum absolute atomic E-state index is 11.2. The lowest BCUT2D eigenvalue weighted by atomic mass is 10.2. The summed E-state index contributed by atoms with van der Waals surface area (Å²) in [5, 5.41) is 10.2. The van der Waals surface area contributed by atoms with E-state index < -0.39 is 0 Å². The van der Waals surface area contributed by atoms with Gasteiger partial charge in [0.1, 0.15) is 0 Å². The van der Waals surface area contributed by atoms with E-state index >= 15 is 0 Å². The number of hydrogen-bond donors (Lipinski definition) is 2. The van der Waals surface area contributed by atoms with Gasteiger partial charge in [-0.05, 0) is 13.3 Å². The fraction of sp³-hybridized carbons (Fsp3) is 0.636. The molecular formula is C11H20N4O. The minimum atomic E-state index is 0.0319. The van der Waals surface area contributed by atoms with Crippen LogP contribution in [0, 0.1) is 0 Å². The van der Waals surface area contributed by atoms with Crippen LogP contribution >= 0.6 is 0 Å². The zero-order valence-corrected chi connectivity index (χ0v) is 10.2. The van der Waals surface area contributed by atoms with Crippen LogP contribution in [0.3, 0.4) is 0 Å². The van der Waals surface area contributed by atoms with Gasteiger partial charge in [0, 0.05) is 31.9 Å². The van der Waals surface area contributed by atoms with Crippen molar-refractivity contribution in [2.45, 2.75) is 26.8 Å². The van der Waals surface area contributed by atoms with Gasteiger partial charge in [0.05, 0.1) is 12.2 Å². The Hall–Kier alpha value is -1.36. The summed E-state index contributed by atoms with van der Waals surface area (Å²) in [5.41, 5.74) is 2.25. The van der Waals surface area contributed by atoms with E-state index in [2.05, 4.69) is 22.7 Å². The Morgan fingerprint density at radius 1 is 1.50 bits per heavy atom. The van der Waals surface area contributed by atoms with Crippen LogP contribution in [0.25, 0.3) is 0 Å². The average molecular weight is 224 g/mol. The quantitative estimate of drug-likeness (QED) is 0.726. The minimum absolute atomic E-state index is 0.0319. The summed E-state index contributed by atoms with van der Waals surface area (Å²) in [6, 6.07) is 0. The number of amides is 1. The lowest BCUT2D eigenvalue weighted by Gasteiger charge is -2.04. The van der Waals surface area contributed by atoms with Crippen LogP contribution in [0.4, 0.5) is 0 Å². The normalized spacial score (nSPS) is 10.4. The first kappa shape index (κ1) is 12.7. The number of nitrogens with one attached hydrogen (secondary N) is 2. The van der Waals surface area contributed by atoms with Gasteiger partial charge in [0.15, 0.2) is 0 Å². The zero-order chi connectivity index (χ0) is 12.0. The molecule has 5 heteroatoms. The zero-order valence-electron chi connectivity index (χ0n) is 10.2. The van der Waals surface area contributed by atoms with Crippen molar-refractivity contribution < 1.29 is 4.79 Å². The molecule has 0 saturated heterocycles. The Bertz CT molecular complexity index is 346. The van der Waals surface area contributed by atoms with Crippen molar-refractivity contribution in [3.05, 3.63) is 17.5 Å². The molecule has 1 aromatic heterocycles. The van der Waals surface area contributed by atoms with E-state index in [1.165, 1.54) is 0 Å². The first-order valence-electron chi connectivity index (χ1n) is 5.66. The smallest absolute Gasteiger partial charge is 0.233 e. The van der Waals surface area contributed by atoms with Crippen LogP contribution in [0.5, 0.6) is 0 Å². The summed E-state index contributed by atoms with van der Waals surface area (Å²) in [6.45, 7) is 5.71. The summed E-state index contributed by atoms with van der Waals surface area (Å²) in [5.74, 6) is 0.0319. The van der Waals surface area contributed by atoms with Gasteiger partial charge < -0.3 is 10.6 Å². The molecule has 0 fully saturated rings. The largest absolute Gasteiger partial charge is 0.355 e. The van der Waals surface area contributed by atoms with Crippen LogP contribution < -0.4 is 10.6 Å². The van der Waals surface area contributed by atoms with Crippen molar-refractivity contribution in [1.82, 2.24) is 20.4 Å². The van der Waals surface area contributed by atoms with E-state index in [1.54, 1.807) is 0 Å². The molecule has 1 heterocycles. The highest BCUT2D eigenvalue weighted by atomic mass is 16.1. The fourth-order valence-electron chi connectivity index (χ4n) is 1.60. The highest BCUT2D eigenvalue weighted by Gasteiger charge is 2.05. The van der Waals surface area contributed by atoms with E-state index in [4.69, 9.17) is 0 Å². The summed E-state index contributed by atoms with van der Waals surface area (Å²) in [6.07, 6.45) is 2.91. The summed E-state index contributed by atoms with van der Waals surface area (Å²) in [4.78, 5) is 11.2. The molecule has 0 bridgehead atoms. The van der Waals surface area contributed by atoms with Gasteiger partial charge in [0.2, 0.25) is 5.91 Å². The fourth-order valence-corrected chi connectivity index (χ4v) is 1.60. The summed E-state index contributed by atoms with van der Waals surface area (Å²) < 4.78 is 1.81. The molecule has 90 valence electrons. The van der Waals surface area contributed by atoms with E-state index in [-0.39, 0.29) is 5.91 Å². The van der Waals surface area contributed by atoms with Gasteiger partial charge in [-0.2, -0.15) is 5.10 Å². The highest BCUT2D eigenvalue weighted by molar-refractivity contribution is 5.77. The molecule has 0 spiro atoms. The number of hydrogen-bond acceptors (Lipinski definition) is 3. The Kier molecular flexibility index (Phi) is 4.98. The number of nitrogens with zero attached hydrogens (tertiary/aromatic N) is 2. The van der Waals surface area contributed by atoms with Crippen molar-refractivity contribution in [3.8, 4) is 0 Å². The SMILES string of the molecule is CCNC(=O)CNCc1cn(C)nc1CC. The van der Waals surface area contributed by atoms with Gasteiger partial charge in [-0.1, -0.05) is 6.92 Å². The second-order valence-corrected chi connectivity index (χ2v) is 3.69. The lowest BCUT2D eigenvalue weighted by Crippen LogP contribution is -2.33. The van der Waals surface area contributed by atoms with E-state index in [9.17, 15) is 4.79 Å². The van der Waals surface area contributed by atoms with Crippen molar-refractivity contribution >= 4 is 5.91 Å². The maximum Gasteiger partial charge on any atom is 0.233 e. The van der Waals surface area contributed by atoms with Crippen molar-refractivity contribution in [2.75, 3.05) is 13.1 Å². The van der Waals surface area contributed by atoms with Gasteiger partial charge >= 0.3 is 0 Å². The lowest BCUT2D eigenvalue weighted by molar-refractivity contribution is -0.120. The molecule has 0 aliphatic carbocycles. The van der Waals surface area contributed by atoms with E-state index in [1.807, 2.05) is 24.9 Å². The molecule has 0 aromatic carbocycles. The van der Waals surface area contributed by atoms with Gasteiger partial charge in [-0.3, -0.25) is 9.48 Å². The van der Waals surface area contributed by atoms with E-state index in [0.29, 0.717) is 19.6 Å². The van der Waals surface area contributed by atoms with Crippen LogP contribution in [-0.4, -0.2) is 28.8 Å². The van der Waals surface area contributed by atoms with Gasteiger partial charge in [-0.25, -0.2) is 0 Å². The third kappa shape index (κ3) is 3.66. The molecule has 5 nitrogen and oxygen atoms in total. The number of aromatic nitrogens is 2. The van der Waals surface area contributed by atoms with Crippen LogP contribution in [0.2, 0.25) is 0 Å². The van der Waals surface area contributed by atoms with Crippen molar-refractivity contribution in [3.63, 3.8) is 0 Å². The summed E-state index contributed by atoms with van der Waals surface area (Å²) in [7, 11) is 1.91. The predicted molar refractivity (Wildman–Crippen MR) is 63.0 cm³/mol. The third-order valence-electron chi connectivity index (χ3n) is 2.30. The second kappa shape index (κ2) is 6.27. The van der Waals surface area contributed by atoms with Crippen molar-refractivity contribution in [1.29, 1.82) is 0 Å². The molecule has 0 saturated carbocycles. The van der Waals surface area contributed by atoms with E-state index in [0.717, 1.165) is 17.7 Å². The Morgan fingerprint density at radius 3 is 2.88 bits per heavy atom. The molecular weight excluding hydrogens is 204 g/mol. The number of rotatable bonds is 6. The standard InChI is InChI=1S/C11H20N4O/c1-4-10-9(8-15(3)14-10)6-12-7-11(16)13-5-2/h8,12H,4-7H2,1-3H3,(H,13,16). The first-order valence-corrected chi connectivity index (χ1v) is 5.66. The number of likely N-dealkylation sites (N-methyl/N-ethyl adjacent to an activating group) is 1. The first-order chi connectivity index (χ1) is 7.67. The van der Waals surface area contributed by atoms with Gasteiger partial charge in [-0.15, -0.1) is 0 Å². The number of aryl methyl sites for hydroxylation is 2. The molecule has 16 heavy (non-hydrogen) atoms. The average Bonchev–Trinajstić information content (AvgIpc) is 2.59. The maximum atomic E-state index is 11.2. The Labute approximate surface area is 96.2 Å². The third-order valence-corrected chi connectivity index (χ3v) is 2.30. The van der Waals surface area contributed by atoms with Crippen LogP contribution in [0.15, 0.2) is 6.20 Å². The van der Waals surface area contributed by atoms with Gasteiger partial charge in [0.25, 0.3) is 0 Å². The molecule has 1 amide bonds. The van der Waals surface area contributed by atoms with Crippen LogP contribution in [-0.2, 0) is 24.8 Å². The molecule has 0 radical (unpaired) electrons.